The summed E-state index contributed by atoms with van der Waals surface area (Å²) in [4.78, 5) is 27.3. The Hall–Kier alpha value is -1.06. The molecule has 2 aliphatic rings. The lowest BCUT2D eigenvalue weighted by molar-refractivity contribution is -0.158. The van der Waals surface area contributed by atoms with Crippen molar-refractivity contribution in [2.75, 3.05) is 0 Å². The molecule has 2 amide bonds. The minimum absolute atomic E-state index is 0.0208. The van der Waals surface area contributed by atoms with Gasteiger partial charge in [0.1, 0.15) is 11.6 Å². The number of carbonyl (C=O) groups is 2. The van der Waals surface area contributed by atoms with Crippen molar-refractivity contribution >= 4 is 11.8 Å². The third-order valence-corrected chi connectivity index (χ3v) is 5.43. The summed E-state index contributed by atoms with van der Waals surface area (Å²) in [6, 6.07) is -0.212. The van der Waals surface area contributed by atoms with Gasteiger partial charge in [0.15, 0.2) is 0 Å². The summed E-state index contributed by atoms with van der Waals surface area (Å²) in [5.74, 6) is 0.755. The minimum atomic E-state index is -0.606. The van der Waals surface area contributed by atoms with E-state index in [0.717, 1.165) is 38.5 Å². The third-order valence-electron chi connectivity index (χ3n) is 5.43. The Balaban J connectivity index is 2.21. The van der Waals surface area contributed by atoms with Gasteiger partial charge in [-0.25, -0.2) is 0 Å². The van der Waals surface area contributed by atoms with Gasteiger partial charge in [0.05, 0.1) is 0 Å². The van der Waals surface area contributed by atoms with E-state index in [0.29, 0.717) is 5.92 Å². The van der Waals surface area contributed by atoms with Gasteiger partial charge in [-0.15, -0.1) is 0 Å². The largest absolute Gasteiger partial charge is 0.340 e. The lowest BCUT2D eigenvalue weighted by Crippen LogP contribution is -2.71. The zero-order valence-electron chi connectivity index (χ0n) is 13.9. The average Bonchev–Trinajstić information content (AvgIpc) is 2.46. The summed E-state index contributed by atoms with van der Waals surface area (Å²) in [6.07, 6.45) is 6.92. The molecule has 3 unspecified atom stereocenters. The van der Waals surface area contributed by atoms with Gasteiger partial charge in [-0.1, -0.05) is 39.5 Å². The highest BCUT2D eigenvalue weighted by Crippen LogP contribution is 2.34. The molecule has 1 saturated heterocycles. The van der Waals surface area contributed by atoms with Crippen molar-refractivity contribution in [2.24, 2.45) is 5.92 Å². The first-order valence-electron chi connectivity index (χ1n) is 8.56. The first-order valence-corrected chi connectivity index (χ1v) is 8.56. The lowest BCUT2D eigenvalue weighted by Gasteiger charge is -2.49. The Kier molecular flexibility index (Phi) is 4.95. The molecule has 1 saturated carbocycles. The van der Waals surface area contributed by atoms with E-state index < -0.39 is 5.54 Å². The number of piperazine rings is 1. The molecule has 1 spiro atoms. The van der Waals surface area contributed by atoms with E-state index >= 15 is 0 Å². The number of rotatable bonds is 4. The fourth-order valence-electron chi connectivity index (χ4n) is 3.88. The zero-order chi connectivity index (χ0) is 15.6. The molecule has 1 N–H and O–H groups in total. The van der Waals surface area contributed by atoms with Crippen LogP contribution in [0.4, 0.5) is 0 Å². The maximum atomic E-state index is 13.1. The molecule has 3 atom stereocenters. The van der Waals surface area contributed by atoms with E-state index in [-0.39, 0.29) is 23.9 Å². The topological polar surface area (TPSA) is 49.4 Å². The standard InChI is InChI=1S/C17H30N2O2/c1-5-12(2)11-13(3)19-14(4)15(20)18-17(16(19)21)9-7-6-8-10-17/h12-14H,5-11H2,1-4H3,(H,18,20). The Morgan fingerprint density at radius 3 is 2.43 bits per heavy atom. The van der Waals surface area contributed by atoms with Crippen molar-refractivity contribution in [2.45, 2.75) is 90.3 Å². The van der Waals surface area contributed by atoms with Crippen LogP contribution >= 0.6 is 0 Å². The molecule has 0 radical (unpaired) electrons. The predicted molar refractivity (Wildman–Crippen MR) is 83.8 cm³/mol. The average molecular weight is 294 g/mol. The summed E-state index contributed by atoms with van der Waals surface area (Å²) in [7, 11) is 0. The first kappa shape index (κ1) is 16.3. The van der Waals surface area contributed by atoms with Gasteiger partial charge < -0.3 is 10.2 Å². The van der Waals surface area contributed by atoms with Crippen molar-refractivity contribution in [3.8, 4) is 0 Å². The molecule has 2 fully saturated rings. The number of nitrogens with zero attached hydrogens (tertiary/aromatic N) is 1. The molecule has 1 aliphatic heterocycles. The van der Waals surface area contributed by atoms with Crippen LogP contribution in [0.1, 0.15) is 72.6 Å². The van der Waals surface area contributed by atoms with E-state index in [4.69, 9.17) is 0 Å². The third kappa shape index (κ3) is 3.09. The van der Waals surface area contributed by atoms with Gasteiger partial charge in [-0.3, -0.25) is 9.59 Å². The normalized spacial score (nSPS) is 28.4. The maximum absolute atomic E-state index is 13.1. The summed E-state index contributed by atoms with van der Waals surface area (Å²) >= 11 is 0. The van der Waals surface area contributed by atoms with Gasteiger partial charge in [-0.05, 0) is 39.0 Å². The summed E-state index contributed by atoms with van der Waals surface area (Å²) in [5.41, 5.74) is -0.606. The van der Waals surface area contributed by atoms with E-state index in [1.165, 1.54) is 6.42 Å². The van der Waals surface area contributed by atoms with Crippen molar-refractivity contribution in [1.29, 1.82) is 0 Å². The van der Waals surface area contributed by atoms with Crippen molar-refractivity contribution in [1.82, 2.24) is 10.2 Å². The quantitative estimate of drug-likeness (QED) is 0.866. The van der Waals surface area contributed by atoms with Gasteiger partial charge in [-0.2, -0.15) is 0 Å². The van der Waals surface area contributed by atoms with Crippen molar-refractivity contribution < 1.29 is 9.59 Å². The van der Waals surface area contributed by atoms with Crippen LogP contribution in [-0.2, 0) is 9.59 Å². The minimum Gasteiger partial charge on any atom is -0.340 e. The predicted octanol–water partition coefficient (Wildman–Crippen LogP) is 2.86. The van der Waals surface area contributed by atoms with Crippen molar-refractivity contribution in [3.05, 3.63) is 0 Å². The first-order chi connectivity index (χ1) is 9.91. The van der Waals surface area contributed by atoms with Gasteiger partial charge in [0.2, 0.25) is 11.8 Å². The number of nitrogens with one attached hydrogen (secondary N) is 1. The van der Waals surface area contributed by atoms with Crippen LogP contribution in [-0.4, -0.2) is 34.3 Å². The lowest BCUT2D eigenvalue weighted by atomic mass is 9.78. The Bertz CT molecular complexity index is 402. The molecule has 1 aliphatic carbocycles. The van der Waals surface area contributed by atoms with Crippen LogP contribution in [0.2, 0.25) is 0 Å². The SMILES string of the molecule is CCC(C)CC(C)N1C(=O)C2(CCCCC2)NC(=O)C1C. The molecule has 0 aromatic rings. The highest BCUT2D eigenvalue weighted by Gasteiger charge is 2.50. The summed E-state index contributed by atoms with van der Waals surface area (Å²) < 4.78 is 0. The molecule has 1 heterocycles. The second kappa shape index (κ2) is 6.37. The van der Waals surface area contributed by atoms with Crippen LogP contribution in [0.5, 0.6) is 0 Å². The maximum Gasteiger partial charge on any atom is 0.249 e. The molecule has 0 bridgehead atoms. The van der Waals surface area contributed by atoms with Gasteiger partial charge in [0.25, 0.3) is 0 Å². The van der Waals surface area contributed by atoms with Crippen LogP contribution in [0, 0.1) is 5.92 Å². The second-order valence-electron chi connectivity index (χ2n) is 7.12. The molecule has 0 aromatic carbocycles. The molecule has 4 nitrogen and oxygen atoms in total. The highest BCUT2D eigenvalue weighted by atomic mass is 16.2. The van der Waals surface area contributed by atoms with Crippen LogP contribution in [0.3, 0.4) is 0 Å². The number of carbonyl (C=O) groups excluding carboxylic acids is 2. The van der Waals surface area contributed by atoms with E-state index in [1.54, 1.807) is 0 Å². The van der Waals surface area contributed by atoms with E-state index in [1.807, 2.05) is 11.8 Å². The van der Waals surface area contributed by atoms with Crippen LogP contribution in [0.25, 0.3) is 0 Å². The Labute approximate surface area is 128 Å². The molecule has 0 aromatic heterocycles. The Morgan fingerprint density at radius 1 is 1.24 bits per heavy atom. The molecule has 21 heavy (non-hydrogen) atoms. The van der Waals surface area contributed by atoms with E-state index in [2.05, 4.69) is 26.1 Å². The fraction of sp³-hybridized carbons (Fsp3) is 0.882. The van der Waals surface area contributed by atoms with E-state index in [9.17, 15) is 9.59 Å². The summed E-state index contributed by atoms with van der Waals surface area (Å²) in [6.45, 7) is 8.34. The smallest absolute Gasteiger partial charge is 0.249 e. The van der Waals surface area contributed by atoms with Gasteiger partial charge >= 0.3 is 0 Å². The molecule has 2 rings (SSSR count). The number of amides is 2. The monoisotopic (exact) mass is 294 g/mol. The highest BCUT2D eigenvalue weighted by molar-refractivity contribution is 5.99. The van der Waals surface area contributed by atoms with Crippen LogP contribution in [0.15, 0.2) is 0 Å². The molecule has 4 heteroatoms. The Morgan fingerprint density at radius 2 is 1.86 bits per heavy atom. The molecular weight excluding hydrogens is 264 g/mol. The zero-order valence-corrected chi connectivity index (χ0v) is 13.9. The molecular formula is C17H30N2O2. The second-order valence-corrected chi connectivity index (χ2v) is 7.12. The number of hydrogen-bond donors (Lipinski definition) is 1. The van der Waals surface area contributed by atoms with Gasteiger partial charge in [0, 0.05) is 6.04 Å². The van der Waals surface area contributed by atoms with Crippen LogP contribution < -0.4 is 5.32 Å². The summed E-state index contributed by atoms with van der Waals surface area (Å²) in [5, 5.41) is 3.05. The number of hydrogen-bond acceptors (Lipinski definition) is 2. The molecule has 120 valence electrons. The fourth-order valence-corrected chi connectivity index (χ4v) is 3.88. The van der Waals surface area contributed by atoms with Crippen molar-refractivity contribution in [3.63, 3.8) is 0 Å².